The highest BCUT2D eigenvalue weighted by atomic mass is 15.0. The molecular formula is C61H39N3. The van der Waals surface area contributed by atoms with Gasteiger partial charge >= 0.3 is 0 Å². The van der Waals surface area contributed by atoms with Gasteiger partial charge in [0.15, 0.2) is 17.5 Å². The maximum Gasteiger partial charge on any atom is 0.164 e. The van der Waals surface area contributed by atoms with Gasteiger partial charge < -0.3 is 0 Å². The Kier molecular flexibility index (Phi) is 9.16. The summed E-state index contributed by atoms with van der Waals surface area (Å²) in [6.07, 6.45) is 0. The lowest BCUT2D eigenvalue weighted by atomic mass is 9.90. The van der Waals surface area contributed by atoms with Crippen LogP contribution in [0.1, 0.15) is 0 Å². The van der Waals surface area contributed by atoms with Gasteiger partial charge in [-0.25, -0.2) is 15.0 Å². The number of benzene rings is 11. The molecule has 1 aromatic heterocycles. The maximum atomic E-state index is 5.34. The second kappa shape index (κ2) is 15.7. The summed E-state index contributed by atoms with van der Waals surface area (Å²) in [7, 11) is 0. The van der Waals surface area contributed by atoms with Gasteiger partial charge in [0.1, 0.15) is 0 Å². The van der Waals surface area contributed by atoms with Crippen LogP contribution in [0.2, 0.25) is 0 Å². The third-order valence-electron chi connectivity index (χ3n) is 12.5. The molecule has 12 aromatic rings. The van der Waals surface area contributed by atoms with Gasteiger partial charge in [0.05, 0.1) is 0 Å². The van der Waals surface area contributed by atoms with E-state index in [-0.39, 0.29) is 0 Å². The van der Waals surface area contributed by atoms with Crippen LogP contribution in [-0.2, 0) is 0 Å². The molecule has 0 atom stereocenters. The lowest BCUT2D eigenvalue weighted by Gasteiger charge is -2.15. The molecule has 3 nitrogen and oxygen atoms in total. The zero-order valence-corrected chi connectivity index (χ0v) is 34.9. The van der Waals surface area contributed by atoms with Crippen LogP contribution in [-0.4, -0.2) is 15.0 Å². The van der Waals surface area contributed by atoms with Crippen molar-refractivity contribution >= 4 is 43.1 Å². The molecular weight excluding hydrogens is 775 g/mol. The summed E-state index contributed by atoms with van der Waals surface area (Å²) in [6, 6.07) is 84.4. The summed E-state index contributed by atoms with van der Waals surface area (Å²) in [5.41, 5.74) is 12.0. The molecule has 1 heterocycles. The van der Waals surface area contributed by atoms with E-state index in [2.05, 4.69) is 231 Å². The Bertz CT molecular complexity index is 3720. The lowest BCUT2D eigenvalue weighted by molar-refractivity contribution is 1.08. The highest BCUT2D eigenvalue weighted by molar-refractivity contribution is 6.11. The molecule has 298 valence electrons. The minimum Gasteiger partial charge on any atom is -0.208 e. The first-order valence-electron chi connectivity index (χ1n) is 21.8. The standard InChI is InChI=1S/C61H39N3/c1-3-14-40(15-4-1)44-21-11-22-49(38-44)59-62-60(64-61(63-59)57-27-13-26-55-52-24-10-8-19-43(52)32-35-56(55)57)50-33-34-54(41-16-5-2-6-17-41)58(39-50)48-31-29-45-36-47(30-28-46(45)37-48)53-25-12-20-42-18-7-9-23-51(42)53/h1-39H. The van der Waals surface area contributed by atoms with Crippen LogP contribution in [0, 0.1) is 0 Å². The van der Waals surface area contributed by atoms with Crippen LogP contribution in [0.4, 0.5) is 0 Å². The molecule has 11 aromatic carbocycles. The van der Waals surface area contributed by atoms with E-state index in [0.29, 0.717) is 17.5 Å². The van der Waals surface area contributed by atoms with E-state index < -0.39 is 0 Å². The molecule has 0 fully saturated rings. The normalized spacial score (nSPS) is 11.4. The fourth-order valence-corrected chi connectivity index (χ4v) is 9.31. The summed E-state index contributed by atoms with van der Waals surface area (Å²) in [5, 5.41) is 9.54. The molecule has 12 rings (SSSR count). The largest absolute Gasteiger partial charge is 0.208 e. The van der Waals surface area contributed by atoms with Gasteiger partial charge in [-0.2, -0.15) is 0 Å². The van der Waals surface area contributed by atoms with Crippen molar-refractivity contribution in [3.05, 3.63) is 237 Å². The highest BCUT2D eigenvalue weighted by Crippen LogP contribution is 2.39. The maximum absolute atomic E-state index is 5.34. The van der Waals surface area contributed by atoms with Gasteiger partial charge in [0.25, 0.3) is 0 Å². The van der Waals surface area contributed by atoms with Crippen molar-refractivity contribution in [2.24, 2.45) is 0 Å². The fourth-order valence-electron chi connectivity index (χ4n) is 9.31. The monoisotopic (exact) mass is 813 g/mol. The number of fused-ring (bicyclic) bond motifs is 5. The Morgan fingerprint density at radius 3 is 1.45 bits per heavy atom. The van der Waals surface area contributed by atoms with E-state index in [0.717, 1.165) is 55.5 Å². The van der Waals surface area contributed by atoms with Crippen LogP contribution in [0.5, 0.6) is 0 Å². The molecule has 0 saturated heterocycles. The van der Waals surface area contributed by atoms with E-state index in [1.54, 1.807) is 0 Å². The van der Waals surface area contributed by atoms with E-state index in [9.17, 15) is 0 Å². The number of aromatic nitrogens is 3. The molecule has 0 unspecified atom stereocenters. The van der Waals surface area contributed by atoms with Crippen molar-refractivity contribution in [1.29, 1.82) is 0 Å². The molecule has 0 saturated carbocycles. The van der Waals surface area contributed by atoms with Crippen LogP contribution < -0.4 is 0 Å². The Morgan fingerprint density at radius 2 is 0.688 bits per heavy atom. The van der Waals surface area contributed by atoms with Gasteiger partial charge in [-0.1, -0.05) is 212 Å². The van der Waals surface area contributed by atoms with E-state index in [1.165, 1.54) is 48.8 Å². The van der Waals surface area contributed by atoms with Crippen molar-refractivity contribution in [2.75, 3.05) is 0 Å². The third-order valence-corrected chi connectivity index (χ3v) is 12.5. The quantitative estimate of drug-likeness (QED) is 0.150. The van der Waals surface area contributed by atoms with Crippen LogP contribution in [0.25, 0.3) is 122 Å². The van der Waals surface area contributed by atoms with Gasteiger partial charge in [-0.05, 0) is 112 Å². The van der Waals surface area contributed by atoms with E-state index in [1.807, 2.05) is 6.07 Å². The van der Waals surface area contributed by atoms with Gasteiger partial charge in [-0.3, -0.25) is 0 Å². The molecule has 0 radical (unpaired) electrons. The Morgan fingerprint density at radius 1 is 0.188 bits per heavy atom. The molecule has 0 amide bonds. The number of hydrogen-bond donors (Lipinski definition) is 0. The molecule has 0 aliphatic carbocycles. The first kappa shape index (κ1) is 37.2. The summed E-state index contributed by atoms with van der Waals surface area (Å²) in [4.78, 5) is 15.9. The van der Waals surface area contributed by atoms with Crippen LogP contribution in [0.3, 0.4) is 0 Å². The molecule has 64 heavy (non-hydrogen) atoms. The fraction of sp³-hybridized carbons (Fsp3) is 0. The first-order chi connectivity index (χ1) is 31.7. The molecule has 0 aliphatic heterocycles. The van der Waals surface area contributed by atoms with Crippen molar-refractivity contribution in [1.82, 2.24) is 15.0 Å². The molecule has 0 spiro atoms. The van der Waals surface area contributed by atoms with E-state index >= 15 is 0 Å². The topological polar surface area (TPSA) is 38.7 Å². The molecule has 0 bridgehead atoms. The Balaban J connectivity index is 1.03. The van der Waals surface area contributed by atoms with Crippen LogP contribution in [0.15, 0.2) is 237 Å². The second-order valence-electron chi connectivity index (χ2n) is 16.4. The molecule has 0 N–H and O–H groups in total. The number of rotatable bonds is 7. The molecule has 3 heteroatoms. The van der Waals surface area contributed by atoms with Crippen molar-refractivity contribution in [3.8, 4) is 78.7 Å². The van der Waals surface area contributed by atoms with Gasteiger partial charge in [-0.15, -0.1) is 0 Å². The zero-order valence-electron chi connectivity index (χ0n) is 34.9. The Labute approximate surface area is 371 Å². The minimum atomic E-state index is 0.615. The van der Waals surface area contributed by atoms with Crippen LogP contribution >= 0.6 is 0 Å². The number of nitrogens with zero attached hydrogens (tertiary/aromatic N) is 3. The number of hydrogen-bond acceptors (Lipinski definition) is 3. The molecule has 0 aliphatic rings. The van der Waals surface area contributed by atoms with Gasteiger partial charge in [0, 0.05) is 16.7 Å². The first-order valence-corrected chi connectivity index (χ1v) is 21.8. The third kappa shape index (κ3) is 6.77. The summed E-state index contributed by atoms with van der Waals surface area (Å²) < 4.78 is 0. The van der Waals surface area contributed by atoms with E-state index in [4.69, 9.17) is 15.0 Å². The van der Waals surface area contributed by atoms with Crippen molar-refractivity contribution in [3.63, 3.8) is 0 Å². The Hall–Kier alpha value is -8.53. The smallest absolute Gasteiger partial charge is 0.164 e. The second-order valence-corrected chi connectivity index (χ2v) is 16.4. The average molecular weight is 814 g/mol. The van der Waals surface area contributed by atoms with Crippen molar-refractivity contribution in [2.45, 2.75) is 0 Å². The predicted octanol–water partition coefficient (Wildman–Crippen LogP) is 16.2. The highest BCUT2D eigenvalue weighted by Gasteiger charge is 2.18. The minimum absolute atomic E-state index is 0.615. The lowest BCUT2D eigenvalue weighted by Crippen LogP contribution is -2.01. The van der Waals surface area contributed by atoms with Gasteiger partial charge in [0.2, 0.25) is 0 Å². The SMILES string of the molecule is c1ccc(-c2cccc(-c3nc(-c4ccc(-c5ccccc5)c(-c5ccc6cc(-c7cccc8ccccc78)ccc6c5)c4)nc(-c4cccc5c4ccc4ccccc45)n3)c2)cc1. The van der Waals surface area contributed by atoms with Crippen molar-refractivity contribution < 1.29 is 0 Å². The predicted molar refractivity (Wildman–Crippen MR) is 268 cm³/mol. The summed E-state index contributed by atoms with van der Waals surface area (Å²) in [5.74, 6) is 1.87. The average Bonchev–Trinajstić information content (AvgIpc) is 3.38. The zero-order chi connectivity index (χ0) is 42.4. The summed E-state index contributed by atoms with van der Waals surface area (Å²) >= 11 is 0. The summed E-state index contributed by atoms with van der Waals surface area (Å²) in [6.45, 7) is 0.